The van der Waals surface area contributed by atoms with E-state index in [2.05, 4.69) is 39.7 Å². The number of nitrogens with two attached hydrogens (primary N) is 1. The van der Waals surface area contributed by atoms with Crippen molar-refractivity contribution >= 4 is 21.6 Å². The second kappa shape index (κ2) is 6.08. The first kappa shape index (κ1) is 12.5. The molecule has 0 radical (unpaired) electrons. The summed E-state index contributed by atoms with van der Waals surface area (Å²) in [6.45, 7) is 6.08. The third kappa shape index (κ3) is 3.47. The van der Waals surface area contributed by atoms with Gasteiger partial charge >= 0.3 is 0 Å². The van der Waals surface area contributed by atoms with Gasteiger partial charge in [-0.15, -0.1) is 0 Å². The van der Waals surface area contributed by atoms with Crippen LogP contribution in [-0.2, 0) is 0 Å². The molecule has 0 saturated carbocycles. The molecule has 0 amide bonds. The molecule has 0 fully saturated rings. The van der Waals surface area contributed by atoms with E-state index >= 15 is 0 Å². The molecule has 15 heavy (non-hydrogen) atoms. The Morgan fingerprint density at radius 3 is 2.80 bits per heavy atom. The molecule has 1 aromatic rings. The van der Waals surface area contributed by atoms with Gasteiger partial charge in [0.25, 0.3) is 0 Å². The van der Waals surface area contributed by atoms with Crippen molar-refractivity contribution in [2.75, 3.05) is 18.0 Å². The zero-order valence-electron chi connectivity index (χ0n) is 9.28. The third-order valence-corrected chi connectivity index (χ3v) is 2.90. The monoisotopic (exact) mass is 271 g/mol. The van der Waals surface area contributed by atoms with Crippen molar-refractivity contribution in [2.24, 2.45) is 5.73 Å². The van der Waals surface area contributed by atoms with E-state index in [0.717, 1.165) is 24.0 Å². The van der Waals surface area contributed by atoms with E-state index in [1.165, 1.54) is 5.69 Å². The fourth-order valence-corrected chi connectivity index (χ4v) is 2.00. The standard InChI is InChI=1S/C11H18BrN3/c1-9(2)15(7-3-5-13)11-4-6-14-8-10(11)12/h4,6,8-9H,3,5,7,13H2,1-2H3. The summed E-state index contributed by atoms with van der Waals surface area (Å²) in [6, 6.07) is 2.50. The Morgan fingerprint density at radius 2 is 2.27 bits per heavy atom. The topological polar surface area (TPSA) is 42.1 Å². The Morgan fingerprint density at radius 1 is 1.53 bits per heavy atom. The molecule has 1 heterocycles. The first-order chi connectivity index (χ1) is 7.16. The van der Waals surface area contributed by atoms with Crippen molar-refractivity contribution < 1.29 is 0 Å². The Kier molecular flexibility index (Phi) is 5.05. The second-order valence-electron chi connectivity index (χ2n) is 3.76. The summed E-state index contributed by atoms with van der Waals surface area (Å²) in [4.78, 5) is 6.40. The van der Waals surface area contributed by atoms with Crippen LogP contribution in [0.1, 0.15) is 20.3 Å². The number of hydrogen-bond acceptors (Lipinski definition) is 3. The number of nitrogens with zero attached hydrogens (tertiary/aromatic N) is 2. The number of rotatable bonds is 5. The van der Waals surface area contributed by atoms with Crippen molar-refractivity contribution in [2.45, 2.75) is 26.3 Å². The van der Waals surface area contributed by atoms with Crippen LogP contribution in [0, 0.1) is 0 Å². The van der Waals surface area contributed by atoms with Gasteiger partial charge in [0.1, 0.15) is 0 Å². The molecular weight excluding hydrogens is 254 g/mol. The van der Waals surface area contributed by atoms with E-state index in [4.69, 9.17) is 5.73 Å². The SMILES string of the molecule is CC(C)N(CCCN)c1ccncc1Br. The number of aromatic nitrogens is 1. The van der Waals surface area contributed by atoms with E-state index < -0.39 is 0 Å². The molecule has 0 aliphatic carbocycles. The van der Waals surface area contributed by atoms with Crippen LogP contribution in [0.15, 0.2) is 22.9 Å². The molecule has 0 unspecified atom stereocenters. The molecule has 0 saturated heterocycles. The largest absolute Gasteiger partial charge is 0.368 e. The van der Waals surface area contributed by atoms with Crippen LogP contribution in [0.25, 0.3) is 0 Å². The molecule has 1 rings (SSSR count). The van der Waals surface area contributed by atoms with E-state index in [1.54, 1.807) is 0 Å². The zero-order chi connectivity index (χ0) is 11.3. The first-order valence-electron chi connectivity index (χ1n) is 5.23. The molecule has 0 aromatic carbocycles. The molecule has 84 valence electrons. The summed E-state index contributed by atoms with van der Waals surface area (Å²) in [5.74, 6) is 0. The van der Waals surface area contributed by atoms with E-state index in [0.29, 0.717) is 6.04 Å². The lowest BCUT2D eigenvalue weighted by Gasteiger charge is -2.29. The quantitative estimate of drug-likeness (QED) is 0.895. The lowest BCUT2D eigenvalue weighted by molar-refractivity contribution is 0.655. The highest BCUT2D eigenvalue weighted by molar-refractivity contribution is 9.10. The van der Waals surface area contributed by atoms with Gasteiger partial charge in [0.05, 0.1) is 10.2 Å². The lowest BCUT2D eigenvalue weighted by Crippen LogP contribution is -2.33. The number of hydrogen-bond donors (Lipinski definition) is 1. The molecule has 0 aliphatic rings. The third-order valence-electron chi connectivity index (χ3n) is 2.29. The van der Waals surface area contributed by atoms with Crippen molar-refractivity contribution in [3.63, 3.8) is 0 Å². The maximum Gasteiger partial charge on any atom is 0.0592 e. The smallest absolute Gasteiger partial charge is 0.0592 e. The minimum Gasteiger partial charge on any atom is -0.368 e. The number of anilines is 1. The van der Waals surface area contributed by atoms with E-state index in [9.17, 15) is 0 Å². The molecule has 4 heteroatoms. The van der Waals surface area contributed by atoms with Crippen molar-refractivity contribution in [3.05, 3.63) is 22.9 Å². The van der Waals surface area contributed by atoms with Crippen LogP contribution in [0.2, 0.25) is 0 Å². The Hall–Kier alpha value is -0.610. The van der Waals surface area contributed by atoms with Crippen LogP contribution in [0.5, 0.6) is 0 Å². The fourth-order valence-electron chi connectivity index (χ4n) is 1.52. The highest BCUT2D eigenvalue weighted by Gasteiger charge is 2.12. The maximum absolute atomic E-state index is 5.54. The number of halogens is 1. The predicted molar refractivity (Wildman–Crippen MR) is 68.1 cm³/mol. The van der Waals surface area contributed by atoms with Gasteiger partial charge in [-0.1, -0.05) is 0 Å². The molecule has 1 aromatic heterocycles. The summed E-state index contributed by atoms with van der Waals surface area (Å²) in [5, 5.41) is 0. The molecule has 2 N–H and O–H groups in total. The normalized spacial score (nSPS) is 10.7. The van der Waals surface area contributed by atoms with Crippen molar-refractivity contribution in [3.8, 4) is 0 Å². The molecule has 3 nitrogen and oxygen atoms in total. The van der Waals surface area contributed by atoms with Crippen molar-refractivity contribution in [1.82, 2.24) is 4.98 Å². The first-order valence-corrected chi connectivity index (χ1v) is 6.02. The predicted octanol–water partition coefficient (Wildman–Crippen LogP) is 2.41. The average molecular weight is 272 g/mol. The minimum atomic E-state index is 0.468. The van der Waals surface area contributed by atoms with Gasteiger partial charge in [0.15, 0.2) is 0 Å². The van der Waals surface area contributed by atoms with Gasteiger partial charge < -0.3 is 10.6 Å². The van der Waals surface area contributed by atoms with Crippen LogP contribution in [-0.4, -0.2) is 24.1 Å². The Balaban J connectivity index is 2.84. The second-order valence-corrected chi connectivity index (χ2v) is 4.61. The Bertz CT molecular complexity index is 302. The summed E-state index contributed by atoms with van der Waals surface area (Å²) in [6.07, 6.45) is 4.65. The molecule has 0 bridgehead atoms. The van der Waals surface area contributed by atoms with E-state index in [-0.39, 0.29) is 0 Å². The molecule has 0 spiro atoms. The van der Waals surface area contributed by atoms with Crippen molar-refractivity contribution in [1.29, 1.82) is 0 Å². The average Bonchev–Trinajstić information content (AvgIpc) is 2.20. The van der Waals surface area contributed by atoms with E-state index in [1.807, 2.05) is 18.5 Å². The van der Waals surface area contributed by atoms with Gasteiger partial charge in [-0.2, -0.15) is 0 Å². The lowest BCUT2D eigenvalue weighted by atomic mass is 10.2. The highest BCUT2D eigenvalue weighted by atomic mass is 79.9. The van der Waals surface area contributed by atoms with Gasteiger partial charge in [0.2, 0.25) is 0 Å². The molecule has 0 aliphatic heterocycles. The minimum absolute atomic E-state index is 0.468. The molecule has 0 atom stereocenters. The van der Waals surface area contributed by atoms with Crippen LogP contribution in [0.3, 0.4) is 0 Å². The summed E-state index contributed by atoms with van der Waals surface area (Å²) < 4.78 is 1.04. The van der Waals surface area contributed by atoms with Crippen LogP contribution >= 0.6 is 15.9 Å². The fraction of sp³-hybridized carbons (Fsp3) is 0.545. The summed E-state index contributed by atoms with van der Waals surface area (Å²) >= 11 is 3.52. The zero-order valence-corrected chi connectivity index (χ0v) is 10.9. The number of pyridine rings is 1. The van der Waals surface area contributed by atoms with Gasteiger partial charge in [-0.05, 0) is 48.8 Å². The maximum atomic E-state index is 5.54. The van der Waals surface area contributed by atoms with Crippen LogP contribution in [0.4, 0.5) is 5.69 Å². The van der Waals surface area contributed by atoms with Gasteiger partial charge in [0, 0.05) is 25.0 Å². The molecular formula is C11H18BrN3. The Labute approximate surface area is 99.8 Å². The van der Waals surface area contributed by atoms with Gasteiger partial charge in [-0.25, -0.2) is 0 Å². The van der Waals surface area contributed by atoms with Gasteiger partial charge in [-0.3, -0.25) is 4.98 Å². The summed E-state index contributed by atoms with van der Waals surface area (Å²) in [5.41, 5.74) is 6.73. The summed E-state index contributed by atoms with van der Waals surface area (Å²) in [7, 11) is 0. The highest BCUT2D eigenvalue weighted by Crippen LogP contribution is 2.26. The van der Waals surface area contributed by atoms with Crippen LogP contribution < -0.4 is 10.6 Å².